The molecule has 0 aliphatic heterocycles. The number of carboxylic acids is 1. The van der Waals surface area contributed by atoms with Crippen LogP contribution in [0.15, 0.2) is 71.6 Å². The summed E-state index contributed by atoms with van der Waals surface area (Å²) in [5.74, 6) is -0.975. The number of nitrogens with two attached hydrogens (primary N) is 1. The third-order valence-electron chi connectivity index (χ3n) is 6.05. The zero-order valence-corrected chi connectivity index (χ0v) is 21.7. The summed E-state index contributed by atoms with van der Waals surface area (Å²) in [6.45, 7) is 3.76. The SMILES string of the molecule is Cc1cc(S(N)(=O)=O)ccc1-c1cccc(CCCNCCC(=O)NCCc2ccc(C(=O)O)cc2)c1. The highest BCUT2D eigenvalue weighted by molar-refractivity contribution is 7.89. The number of hydrogen-bond donors (Lipinski definition) is 4. The second kappa shape index (κ2) is 13.1. The minimum absolute atomic E-state index is 0.0221. The lowest BCUT2D eigenvalue weighted by Gasteiger charge is -2.10. The fraction of sp³-hybridized carbons (Fsp3) is 0.286. The van der Waals surface area contributed by atoms with Gasteiger partial charge in [0.2, 0.25) is 15.9 Å². The second-order valence-electron chi connectivity index (χ2n) is 8.93. The fourth-order valence-electron chi connectivity index (χ4n) is 4.02. The molecule has 1 amide bonds. The highest BCUT2D eigenvalue weighted by Crippen LogP contribution is 2.26. The van der Waals surface area contributed by atoms with E-state index < -0.39 is 16.0 Å². The molecule has 5 N–H and O–H groups in total. The standard InChI is InChI=1S/C28H33N3O5S/c1-20-18-25(37(29,35)36)11-12-26(20)24-6-2-4-22(19-24)5-3-15-30-16-14-27(32)31-17-13-21-7-9-23(10-8-21)28(33)34/h2,4,6-12,18-19,30H,3,5,13-17H2,1H3,(H,31,32)(H,33,34)(H2,29,35,36). The Hall–Kier alpha value is -3.53. The Kier molecular flexibility index (Phi) is 9.96. The number of aryl methyl sites for hydroxylation is 2. The van der Waals surface area contributed by atoms with Crippen molar-refractivity contribution in [2.24, 2.45) is 5.14 Å². The van der Waals surface area contributed by atoms with E-state index in [4.69, 9.17) is 10.2 Å². The quantitative estimate of drug-likeness (QED) is 0.254. The van der Waals surface area contributed by atoms with Crippen LogP contribution in [-0.4, -0.2) is 45.0 Å². The zero-order chi connectivity index (χ0) is 26.8. The molecule has 0 aliphatic carbocycles. The molecule has 3 aromatic rings. The molecule has 3 aromatic carbocycles. The van der Waals surface area contributed by atoms with E-state index in [9.17, 15) is 18.0 Å². The highest BCUT2D eigenvalue weighted by Gasteiger charge is 2.11. The summed E-state index contributed by atoms with van der Waals surface area (Å²) < 4.78 is 23.2. The lowest BCUT2D eigenvalue weighted by molar-refractivity contribution is -0.120. The molecule has 0 unspecified atom stereocenters. The van der Waals surface area contributed by atoms with E-state index in [0.717, 1.165) is 41.6 Å². The summed E-state index contributed by atoms with van der Waals surface area (Å²) in [4.78, 5) is 23.0. The summed E-state index contributed by atoms with van der Waals surface area (Å²) in [5.41, 5.74) is 5.25. The minimum atomic E-state index is -3.73. The van der Waals surface area contributed by atoms with Crippen LogP contribution in [0.5, 0.6) is 0 Å². The van der Waals surface area contributed by atoms with Gasteiger partial charge in [-0.25, -0.2) is 18.4 Å². The summed E-state index contributed by atoms with van der Waals surface area (Å²) in [7, 11) is -3.73. The maximum atomic E-state index is 12.0. The molecular formula is C28H33N3O5S. The van der Waals surface area contributed by atoms with Gasteiger partial charge in [-0.05, 0) is 84.8 Å². The van der Waals surface area contributed by atoms with Crippen molar-refractivity contribution in [1.29, 1.82) is 0 Å². The molecule has 0 atom stereocenters. The Bertz CT molecular complexity index is 1340. The number of nitrogens with one attached hydrogen (secondary N) is 2. The Labute approximate surface area is 218 Å². The third-order valence-corrected chi connectivity index (χ3v) is 6.96. The Balaban J connectivity index is 1.35. The van der Waals surface area contributed by atoms with Crippen molar-refractivity contribution >= 4 is 21.9 Å². The molecule has 0 spiro atoms. The van der Waals surface area contributed by atoms with Crippen molar-refractivity contribution in [2.75, 3.05) is 19.6 Å². The molecule has 8 nitrogen and oxygen atoms in total. The molecule has 0 saturated heterocycles. The monoisotopic (exact) mass is 523 g/mol. The number of primary sulfonamides is 1. The third kappa shape index (κ3) is 8.82. The van der Waals surface area contributed by atoms with E-state index in [0.29, 0.717) is 25.9 Å². The van der Waals surface area contributed by atoms with Crippen LogP contribution in [0.4, 0.5) is 0 Å². The van der Waals surface area contributed by atoms with Crippen molar-refractivity contribution in [3.05, 3.63) is 89.0 Å². The van der Waals surface area contributed by atoms with Gasteiger partial charge < -0.3 is 15.7 Å². The lowest BCUT2D eigenvalue weighted by Crippen LogP contribution is -2.29. The molecule has 0 saturated carbocycles. The molecule has 37 heavy (non-hydrogen) atoms. The molecular weight excluding hydrogens is 490 g/mol. The van der Waals surface area contributed by atoms with Gasteiger partial charge in [0.15, 0.2) is 0 Å². The first-order valence-electron chi connectivity index (χ1n) is 12.2. The Morgan fingerprint density at radius 1 is 0.892 bits per heavy atom. The van der Waals surface area contributed by atoms with Crippen LogP contribution in [0.25, 0.3) is 11.1 Å². The summed E-state index contributed by atoms with van der Waals surface area (Å²) >= 11 is 0. The normalized spacial score (nSPS) is 11.3. The fourth-order valence-corrected chi connectivity index (χ4v) is 4.62. The van der Waals surface area contributed by atoms with Crippen LogP contribution in [0.3, 0.4) is 0 Å². The molecule has 0 radical (unpaired) electrons. The van der Waals surface area contributed by atoms with Crippen molar-refractivity contribution in [3.63, 3.8) is 0 Å². The van der Waals surface area contributed by atoms with Gasteiger partial charge >= 0.3 is 5.97 Å². The predicted molar refractivity (Wildman–Crippen MR) is 144 cm³/mol. The van der Waals surface area contributed by atoms with Crippen LogP contribution in [0, 0.1) is 6.92 Å². The number of carbonyl (C=O) groups is 2. The van der Waals surface area contributed by atoms with Gasteiger partial charge in [0.25, 0.3) is 0 Å². The molecule has 0 heterocycles. The van der Waals surface area contributed by atoms with E-state index >= 15 is 0 Å². The molecule has 0 fully saturated rings. The van der Waals surface area contributed by atoms with Gasteiger partial charge in [-0.1, -0.05) is 42.5 Å². The molecule has 0 bridgehead atoms. The van der Waals surface area contributed by atoms with Gasteiger partial charge in [0, 0.05) is 19.5 Å². The maximum Gasteiger partial charge on any atom is 0.335 e. The number of carbonyl (C=O) groups excluding carboxylic acids is 1. The van der Waals surface area contributed by atoms with E-state index in [1.807, 2.05) is 19.1 Å². The van der Waals surface area contributed by atoms with Crippen LogP contribution in [-0.2, 0) is 27.7 Å². The largest absolute Gasteiger partial charge is 0.478 e. The maximum absolute atomic E-state index is 12.0. The van der Waals surface area contributed by atoms with Gasteiger partial charge in [-0.15, -0.1) is 0 Å². The topological polar surface area (TPSA) is 139 Å². The number of carboxylic acid groups (broad SMARTS) is 1. The van der Waals surface area contributed by atoms with Crippen molar-refractivity contribution < 1.29 is 23.1 Å². The molecule has 3 rings (SSSR count). The van der Waals surface area contributed by atoms with Gasteiger partial charge in [0.1, 0.15) is 0 Å². The second-order valence-corrected chi connectivity index (χ2v) is 10.5. The average molecular weight is 524 g/mol. The highest BCUT2D eigenvalue weighted by atomic mass is 32.2. The number of amides is 1. The number of sulfonamides is 1. The van der Waals surface area contributed by atoms with Crippen LogP contribution < -0.4 is 15.8 Å². The molecule has 196 valence electrons. The predicted octanol–water partition coefficient (Wildman–Crippen LogP) is 3.28. The number of benzene rings is 3. The molecule has 0 aromatic heterocycles. The smallest absolute Gasteiger partial charge is 0.335 e. The van der Waals surface area contributed by atoms with Gasteiger partial charge in [-0.3, -0.25) is 4.79 Å². The minimum Gasteiger partial charge on any atom is -0.478 e. The van der Waals surface area contributed by atoms with Crippen LogP contribution in [0.2, 0.25) is 0 Å². The van der Waals surface area contributed by atoms with Crippen molar-refractivity contribution in [2.45, 2.75) is 37.5 Å². The van der Waals surface area contributed by atoms with Crippen LogP contribution >= 0.6 is 0 Å². The van der Waals surface area contributed by atoms with E-state index in [-0.39, 0.29) is 16.4 Å². The first kappa shape index (κ1) is 28.0. The lowest BCUT2D eigenvalue weighted by atomic mass is 9.97. The zero-order valence-electron chi connectivity index (χ0n) is 20.9. The number of hydrogen-bond acceptors (Lipinski definition) is 5. The van der Waals surface area contributed by atoms with Crippen molar-refractivity contribution in [1.82, 2.24) is 10.6 Å². The Morgan fingerprint density at radius 3 is 2.32 bits per heavy atom. The Morgan fingerprint density at radius 2 is 1.65 bits per heavy atom. The van der Waals surface area contributed by atoms with E-state index in [1.165, 1.54) is 11.6 Å². The van der Waals surface area contributed by atoms with Gasteiger partial charge in [-0.2, -0.15) is 0 Å². The van der Waals surface area contributed by atoms with E-state index in [1.54, 1.807) is 36.4 Å². The van der Waals surface area contributed by atoms with E-state index in [2.05, 4.69) is 22.8 Å². The average Bonchev–Trinajstić information content (AvgIpc) is 2.86. The first-order chi connectivity index (χ1) is 17.6. The first-order valence-corrected chi connectivity index (χ1v) is 13.7. The van der Waals surface area contributed by atoms with Crippen molar-refractivity contribution in [3.8, 4) is 11.1 Å². The number of rotatable bonds is 13. The summed E-state index contributed by atoms with van der Waals surface area (Å²) in [6, 6.07) is 19.7. The number of aromatic carboxylic acids is 1. The molecule has 0 aliphatic rings. The van der Waals surface area contributed by atoms with Gasteiger partial charge in [0.05, 0.1) is 10.5 Å². The van der Waals surface area contributed by atoms with Crippen LogP contribution in [0.1, 0.15) is 39.9 Å². The molecule has 9 heteroatoms. The summed E-state index contributed by atoms with van der Waals surface area (Å²) in [5, 5.41) is 20.3. The summed E-state index contributed by atoms with van der Waals surface area (Å²) in [6.07, 6.45) is 2.83.